The predicted octanol–water partition coefficient (Wildman–Crippen LogP) is 0.270. The van der Waals surface area contributed by atoms with Gasteiger partial charge in [-0.25, -0.2) is 0 Å². The summed E-state index contributed by atoms with van der Waals surface area (Å²) in [5.74, 6) is 2.58. The maximum atomic E-state index is 8.10. The molecule has 0 aromatic rings. The van der Waals surface area contributed by atoms with Crippen LogP contribution in [0.15, 0.2) is 0 Å². The van der Waals surface area contributed by atoms with Crippen LogP contribution in [-0.4, -0.2) is 30.1 Å². The van der Waals surface area contributed by atoms with Crippen molar-refractivity contribution < 1.29 is 5.11 Å². The van der Waals surface area contributed by atoms with Crippen LogP contribution >= 0.6 is 0 Å². The minimum atomic E-state index is 0.139. The smallest absolute Gasteiger partial charge is 0.109 e. The van der Waals surface area contributed by atoms with E-state index in [1.165, 1.54) is 0 Å². The summed E-state index contributed by atoms with van der Waals surface area (Å²) < 4.78 is 0. The third kappa shape index (κ3) is 2.49. The second-order valence-corrected chi connectivity index (χ2v) is 1.90. The molecule has 0 aliphatic heterocycles. The second kappa shape index (κ2) is 3.34. The molecule has 0 amide bonds. The number of aliphatic hydroxyl groups is 1. The Kier molecular flexibility index (Phi) is 3.05. The number of hydrogen-bond acceptors (Lipinski definition) is 2. The number of aliphatic hydroxyl groups excluding tert-OH is 1. The first-order valence-corrected chi connectivity index (χ1v) is 2.49. The van der Waals surface area contributed by atoms with Gasteiger partial charge in [-0.2, -0.15) is 0 Å². The van der Waals surface area contributed by atoms with E-state index in [0.717, 1.165) is 0 Å². The molecule has 1 atom stereocenters. The van der Waals surface area contributed by atoms with Crippen LogP contribution in [0.3, 0.4) is 0 Å². The van der Waals surface area contributed by atoms with Crippen molar-refractivity contribution in [2.24, 2.45) is 0 Å². The van der Waals surface area contributed by atoms with E-state index < -0.39 is 0 Å². The van der Waals surface area contributed by atoms with Gasteiger partial charge in [-0.15, -0.1) is 0 Å². The monoisotopic (exact) mass is 113 g/mol. The third-order valence-electron chi connectivity index (χ3n) is 1.05. The summed E-state index contributed by atoms with van der Waals surface area (Å²) in [6.45, 7) is 1.92. The Morgan fingerprint density at radius 2 is 2.00 bits per heavy atom. The molecule has 0 fully saturated rings. The Labute approximate surface area is 50.1 Å². The zero-order valence-corrected chi connectivity index (χ0v) is 5.47. The van der Waals surface area contributed by atoms with Crippen LogP contribution in [0.5, 0.6) is 0 Å². The lowest BCUT2D eigenvalue weighted by Crippen LogP contribution is -2.22. The van der Waals surface area contributed by atoms with E-state index in [1.54, 1.807) is 0 Å². The largest absolute Gasteiger partial charge is 0.462 e. The van der Waals surface area contributed by atoms with Gasteiger partial charge in [-0.05, 0) is 26.9 Å². The maximum absolute atomic E-state index is 8.10. The van der Waals surface area contributed by atoms with E-state index in [-0.39, 0.29) is 6.04 Å². The Morgan fingerprint density at radius 3 is 2.12 bits per heavy atom. The maximum Gasteiger partial charge on any atom is 0.109 e. The van der Waals surface area contributed by atoms with E-state index >= 15 is 0 Å². The van der Waals surface area contributed by atoms with Crippen molar-refractivity contribution in [1.82, 2.24) is 4.90 Å². The van der Waals surface area contributed by atoms with Gasteiger partial charge in [0.1, 0.15) is 6.11 Å². The third-order valence-corrected chi connectivity index (χ3v) is 1.05. The van der Waals surface area contributed by atoms with Crippen LogP contribution in [0.4, 0.5) is 0 Å². The molecule has 0 rings (SSSR count). The molecule has 0 aliphatic rings. The minimum absolute atomic E-state index is 0.139. The number of nitrogens with zero attached hydrogens (tertiary/aromatic N) is 1. The molecule has 0 heterocycles. The van der Waals surface area contributed by atoms with Gasteiger partial charge in [-0.3, -0.25) is 4.90 Å². The molecule has 2 heteroatoms. The predicted molar refractivity (Wildman–Crippen MR) is 32.9 cm³/mol. The average molecular weight is 113 g/mol. The Hall–Kier alpha value is -0.680. The number of rotatable bonds is 1. The Morgan fingerprint density at radius 1 is 1.50 bits per heavy atom. The quantitative estimate of drug-likeness (QED) is 0.493. The van der Waals surface area contributed by atoms with E-state index in [4.69, 9.17) is 5.11 Å². The first-order chi connectivity index (χ1) is 3.68. The van der Waals surface area contributed by atoms with Crippen LogP contribution in [0.2, 0.25) is 0 Å². The van der Waals surface area contributed by atoms with Crippen molar-refractivity contribution in [3.63, 3.8) is 0 Å². The highest BCUT2D eigenvalue weighted by Crippen LogP contribution is 1.85. The average Bonchev–Trinajstić information content (AvgIpc) is 1.67. The van der Waals surface area contributed by atoms with E-state index in [2.05, 4.69) is 5.92 Å². The summed E-state index contributed by atoms with van der Waals surface area (Å²) in [6.07, 6.45) is 1.86. The van der Waals surface area contributed by atoms with Crippen molar-refractivity contribution in [2.75, 3.05) is 14.1 Å². The van der Waals surface area contributed by atoms with Gasteiger partial charge in [0.2, 0.25) is 0 Å². The molecule has 0 saturated heterocycles. The van der Waals surface area contributed by atoms with Crippen molar-refractivity contribution in [2.45, 2.75) is 13.0 Å². The molecule has 8 heavy (non-hydrogen) atoms. The fourth-order valence-corrected chi connectivity index (χ4v) is 0.223. The minimum Gasteiger partial charge on any atom is -0.462 e. The van der Waals surface area contributed by atoms with Crippen LogP contribution in [0.1, 0.15) is 6.92 Å². The van der Waals surface area contributed by atoms with Crippen LogP contribution in [0, 0.1) is 12.0 Å². The molecule has 2 nitrogen and oxygen atoms in total. The van der Waals surface area contributed by atoms with Gasteiger partial charge in [-0.1, -0.05) is 0 Å². The second-order valence-electron chi connectivity index (χ2n) is 1.90. The van der Waals surface area contributed by atoms with Crippen molar-refractivity contribution in [3.05, 3.63) is 0 Å². The lowest BCUT2D eigenvalue weighted by molar-refractivity contribution is 0.370. The summed E-state index contributed by atoms with van der Waals surface area (Å²) in [6, 6.07) is 0.139. The molecule has 0 saturated carbocycles. The Balaban J connectivity index is 3.58. The normalized spacial score (nSPS) is 12.5. The lowest BCUT2D eigenvalue weighted by Gasteiger charge is -2.11. The fraction of sp³-hybridized carbons (Fsp3) is 0.667. The van der Waals surface area contributed by atoms with Gasteiger partial charge in [0.15, 0.2) is 0 Å². The highest BCUT2D eigenvalue weighted by molar-refractivity contribution is 4.99. The van der Waals surface area contributed by atoms with Crippen LogP contribution in [-0.2, 0) is 0 Å². The molecule has 0 aromatic heterocycles. The zero-order chi connectivity index (χ0) is 6.57. The Bertz CT molecular complexity index is 109. The van der Waals surface area contributed by atoms with E-state index in [9.17, 15) is 0 Å². The summed E-state index contributed by atoms with van der Waals surface area (Å²) in [7, 11) is 3.82. The highest BCUT2D eigenvalue weighted by atomic mass is 16.2. The van der Waals surface area contributed by atoms with Crippen LogP contribution in [0.25, 0.3) is 0 Å². The molecule has 46 valence electrons. The van der Waals surface area contributed by atoms with Crippen molar-refractivity contribution in [1.29, 1.82) is 0 Å². The standard InChI is InChI=1S/C6H11NO/c1-6(4-5-8)7(2)3/h6,8H,1-3H3. The van der Waals surface area contributed by atoms with Gasteiger partial charge in [0.05, 0.1) is 6.04 Å². The van der Waals surface area contributed by atoms with Gasteiger partial charge in [0, 0.05) is 0 Å². The summed E-state index contributed by atoms with van der Waals surface area (Å²) in [5, 5.41) is 8.10. The molecule has 1 N–H and O–H groups in total. The molecule has 0 aromatic carbocycles. The molecule has 0 aliphatic carbocycles. The first kappa shape index (κ1) is 7.32. The summed E-state index contributed by atoms with van der Waals surface area (Å²) in [4.78, 5) is 1.92. The topological polar surface area (TPSA) is 23.5 Å². The molecular formula is C6H11NO. The summed E-state index contributed by atoms with van der Waals surface area (Å²) in [5.41, 5.74) is 0. The molecule has 0 spiro atoms. The highest BCUT2D eigenvalue weighted by Gasteiger charge is 1.96. The first-order valence-electron chi connectivity index (χ1n) is 2.49. The van der Waals surface area contributed by atoms with Gasteiger partial charge < -0.3 is 5.11 Å². The van der Waals surface area contributed by atoms with Gasteiger partial charge >= 0.3 is 0 Å². The molecule has 0 bridgehead atoms. The van der Waals surface area contributed by atoms with Gasteiger partial charge in [0.25, 0.3) is 0 Å². The van der Waals surface area contributed by atoms with Crippen LogP contribution < -0.4 is 0 Å². The number of hydrogen-bond donors (Lipinski definition) is 1. The molecular weight excluding hydrogens is 102 g/mol. The molecule has 1 unspecified atom stereocenters. The zero-order valence-electron chi connectivity index (χ0n) is 5.47. The van der Waals surface area contributed by atoms with E-state index in [1.807, 2.05) is 32.0 Å². The fourth-order valence-electron chi connectivity index (χ4n) is 0.223. The van der Waals surface area contributed by atoms with E-state index in [0.29, 0.717) is 0 Å². The summed E-state index contributed by atoms with van der Waals surface area (Å²) >= 11 is 0. The van der Waals surface area contributed by atoms with Crippen molar-refractivity contribution >= 4 is 0 Å². The molecule has 0 radical (unpaired) electrons. The lowest BCUT2D eigenvalue weighted by atomic mass is 10.3. The van der Waals surface area contributed by atoms with Crippen molar-refractivity contribution in [3.8, 4) is 12.0 Å². The SMILES string of the molecule is CC(C#CO)N(C)C.